The molecule has 0 bridgehead atoms. The van der Waals surface area contributed by atoms with Crippen molar-refractivity contribution in [1.82, 2.24) is 10.3 Å². The largest absolute Gasteiger partial charge is 0.313 e. The van der Waals surface area contributed by atoms with Gasteiger partial charge in [-0.25, -0.2) is 0 Å². The Morgan fingerprint density at radius 1 is 1.29 bits per heavy atom. The Hall–Kier alpha value is -1.19. The number of nitrogens with one attached hydrogen (secondary N) is 1. The Labute approximate surface area is 131 Å². The number of hydrogen-bond donors (Lipinski definition) is 1. The van der Waals surface area contributed by atoms with Crippen LogP contribution in [0.15, 0.2) is 42.0 Å². The topological polar surface area (TPSA) is 24.9 Å². The van der Waals surface area contributed by atoms with E-state index < -0.39 is 0 Å². The van der Waals surface area contributed by atoms with Crippen molar-refractivity contribution in [1.29, 1.82) is 0 Å². The first-order chi connectivity index (χ1) is 10.3. The van der Waals surface area contributed by atoms with E-state index in [1.807, 2.05) is 11.7 Å². The van der Waals surface area contributed by atoms with Crippen LogP contribution in [0.25, 0.3) is 0 Å². The highest BCUT2D eigenvalue weighted by atomic mass is 32.1. The molecule has 0 radical (unpaired) electrons. The second-order valence-corrected chi connectivity index (χ2v) is 7.03. The van der Waals surface area contributed by atoms with Gasteiger partial charge in [-0.05, 0) is 37.8 Å². The van der Waals surface area contributed by atoms with Gasteiger partial charge in [-0.2, -0.15) is 0 Å². The standard InChI is InChI=1S/C18H24N2S/c1-2-11-20-17(12-16-13-19-14-21-16)18(9-6-10-18)15-7-4-3-5-8-15/h3-5,7-8,13-14,17,20H,2,6,9-12H2,1H3. The minimum absolute atomic E-state index is 0.320. The van der Waals surface area contributed by atoms with Crippen LogP contribution in [-0.2, 0) is 11.8 Å². The molecule has 3 rings (SSSR count). The molecule has 1 aliphatic rings. The Kier molecular flexibility index (Phi) is 4.71. The zero-order valence-corrected chi connectivity index (χ0v) is 13.5. The van der Waals surface area contributed by atoms with Crippen molar-refractivity contribution in [2.75, 3.05) is 6.54 Å². The minimum atomic E-state index is 0.320. The van der Waals surface area contributed by atoms with E-state index >= 15 is 0 Å². The van der Waals surface area contributed by atoms with E-state index in [0.29, 0.717) is 11.5 Å². The van der Waals surface area contributed by atoms with Gasteiger partial charge in [0.05, 0.1) is 5.51 Å². The molecule has 3 heteroatoms. The van der Waals surface area contributed by atoms with Gasteiger partial charge in [0.1, 0.15) is 0 Å². The molecule has 1 unspecified atom stereocenters. The van der Waals surface area contributed by atoms with Crippen LogP contribution in [0.1, 0.15) is 43.0 Å². The molecule has 0 spiro atoms. The lowest BCUT2D eigenvalue weighted by Crippen LogP contribution is -2.54. The SMILES string of the molecule is CCCNC(Cc1cncs1)C1(c2ccccc2)CCC1. The summed E-state index contributed by atoms with van der Waals surface area (Å²) in [6.45, 7) is 3.34. The third kappa shape index (κ3) is 3.04. The van der Waals surface area contributed by atoms with Crippen LogP contribution in [0.4, 0.5) is 0 Å². The van der Waals surface area contributed by atoms with Crippen molar-refractivity contribution in [3.05, 3.63) is 52.5 Å². The lowest BCUT2D eigenvalue weighted by atomic mass is 9.59. The number of benzene rings is 1. The molecule has 1 saturated carbocycles. The van der Waals surface area contributed by atoms with Crippen LogP contribution in [0.3, 0.4) is 0 Å². The summed E-state index contributed by atoms with van der Waals surface area (Å²) in [5, 5.41) is 3.83. The Morgan fingerprint density at radius 2 is 2.10 bits per heavy atom. The van der Waals surface area contributed by atoms with Crippen molar-refractivity contribution in [2.24, 2.45) is 0 Å². The highest BCUT2D eigenvalue weighted by Crippen LogP contribution is 2.47. The van der Waals surface area contributed by atoms with Crippen LogP contribution < -0.4 is 5.32 Å². The molecule has 1 heterocycles. The maximum absolute atomic E-state index is 4.24. The molecule has 0 amide bonds. The summed E-state index contributed by atoms with van der Waals surface area (Å²) in [7, 11) is 0. The molecule has 112 valence electrons. The van der Waals surface area contributed by atoms with Gasteiger partial charge in [-0.3, -0.25) is 4.98 Å². The first-order valence-electron chi connectivity index (χ1n) is 8.01. The van der Waals surface area contributed by atoms with Gasteiger partial charge in [-0.15, -0.1) is 11.3 Å². The van der Waals surface area contributed by atoms with Crippen LogP contribution in [0.5, 0.6) is 0 Å². The summed E-state index contributed by atoms with van der Waals surface area (Å²) >= 11 is 1.78. The average molecular weight is 300 g/mol. The monoisotopic (exact) mass is 300 g/mol. The van der Waals surface area contributed by atoms with Crippen molar-refractivity contribution in [3.63, 3.8) is 0 Å². The Bertz CT molecular complexity index is 532. The van der Waals surface area contributed by atoms with Crippen molar-refractivity contribution < 1.29 is 0 Å². The fourth-order valence-corrected chi connectivity index (χ4v) is 4.13. The summed E-state index contributed by atoms with van der Waals surface area (Å²) in [4.78, 5) is 5.64. The zero-order valence-electron chi connectivity index (χ0n) is 12.7. The molecule has 1 aliphatic carbocycles. The molecule has 1 atom stereocenters. The number of aromatic nitrogens is 1. The first kappa shape index (κ1) is 14.7. The Balaban J connectivity index is 1.86. The van der Waals surface area contributed by atoms with Gasteiger partial charge in [0.2, 0.25) is 0 Å². The van der Waals surface area contributed by atoms with E-state index in [0.717, 1.165) is 13.0 Å². The summed E-state index contributed by atoms with van der Waals surface area (Å²) in [5.41, 5.74) is 3.78. The second-order valence-electron chi connectivity index (χ2n) is 6.05. The number of nitrogens with zero attached hydrogens (tertiary/aromatic N) is 1. The number of thiazole rings is 1. The average Bonchev–Trinajstić information content (AvgIpc) is 2.97. The second kappa shape index (κ2) is 6.71. The lowest BCUT2D eigenvalue weighted by Gasteiger charge is -2.49. The van der Waals surface area contributed by atoms with E-state index in [-0.39, 0.29) is 0 Å². The zero-order chi connectivity index (χ0) is 14.5. The highest BCUT2D eigenvalue weighted by molar-refractivity contribution is 7.09. The summed E-state index contributed by atoms with van der Waals surface area (Å²) in [6.07, 6.45) is 8.27. The molecule has 2 aromatic rings. The van der Waals surface area contributed by atoms with E-state index in [4.69, 9.17) is 0 Å². The van der Waals surface area contributed by atoms with E-state index in [1.165, 1.54) is 36.1 Å². The minimum Gasteiger partial charge on any atom is -0.313 e. The maximum Gasteiger partial charge on any atom is 0.0794 e. The van der Waals surface area contributed by atoms with E-state index in [1.54, 1.807) is 11.3 Å². The first-order valence-corrected chi connectivity index (χ1v) is 8.89. The highest BCUT2D eigenvalue weighted by Gasteiger charge is 2.45. The van der Waals surface area contributed by atoms with Crippen LogP contribution in [0, 0.1) is 0 Å². The number of hydrogen-bond acceptors (Lipinski definition) is 3. The molecular weight excluding hydrogens is 276 g/mol. The molecule has 2 nitrogen and oxygen atoms in total. The maximum atomic E-state index is 4.24. The van der Waals surface area contributed by atoms with Crippen molar-refractivity contribution in [2.45, 2.75) is 50.5 Å². The Morgan fingerprint density at radius 3 is 2.67 bits per heavy atom. The van der Waals surface area contributed by atoms with Gasteiger partial charge < -0.3 is 5.32 Å². The van der Waals surface area contributed by atoms with Gasteiger partial charge in [0.25, 0.3) is 0 Å². The lowest BCUT2D eigenvalue weighted by molar-refractivity contribution is 0.168. The summed E-state index contributed by atoms with van der Waals surface area (Å²) in [6, 6.07) is 11.6. The molecule has 1 aromatic heterocycles. The van der Waals surface area contributed by atoms with Gasteiger partial charge in [0, 0.05) is 22.5 Å². The predicted molar refractivity (Wildman–Crippen MR) is 89.9 cm³/mol. The summed E-state index contributed by atoms with van der Waals surface area (Å²) < 4.78 is 0. The third-order valence-corrected chi connectivity index (χ3v) is 5.59. The van der Waals surface area contributed by atoms with Crippen molar-refractivity contribution >= 4 is 11.3 Å². The van der Waals surface area contributed by atoms with Crippen molar-refractivity contribution in [3.8, 4) is 0 Å². The van der Waals surface area contributed by atoms with Crippen LogP contribution in [-0.4, -0.2) is 17.6 Å². The van der Waals surface area contributed by atoms with E-state index in [2.05, 4.69) is 47.6 Å². The molecule has 1 aromatic carbocycles. The smallest absolute Gasteiger partial charge is 0.0794 e. The van der Waals surface area contributed by atoms with Crippen LogP contribution in [0.2, 0.25) is 0 Å². The molecular formula is C18H24N2S. The fourth-order valence-electron chi connectivity index (χ4n) is 3.49. The molecule has 21 heavy (non-hydrogen) atoms. The van der Waals surface area contributed by atoms with Crippen LogP contribution >= 0.6 is 11.3 Å². The molecule has 0 aliphatic heterocycles. The quantitative estimate of drug-likeness (QED) is 0.830. The third-order valence-electron chi connectivity index (χ3n) is 4.79. The number of rotatable bonds is 7. The summed E-state index contributed by atoms with van der Waals surface area (Å²) in [5.74, 6) is 0. The van der Waals surface area contributed by atoms with Gasteiger partial charge in [0.15, 0.2) is 0 Å². The molecule has 0 saturated heterocycles. The van der Waals surface area contributed by atoms with Gasteiger partial charge >= 0.3 is 0 Å². The predicted octanol–water partition coefficient (Wildman–Crippen LogP) is 4.18. The molecule has 1 N–H and O–H groups in total. The fraction of sp³-hybridized carbons (Fsp3) is 0.500. The molecule has 1 fully saturated rings. The normalized spacial score (nSPS) is 18.1. The van der Waals surface area contributed by atoms with Gasteiger partial charge in [-0.1, -0.05) is 43.7 Å². The van der Waals surface area contributed by atoms with E-state index in [9.17, 15) is 0 Å².